The van der Waals surface area contributed by atoms with Crippen LogP contribution in [0.4, 0.5) is 0 Å². The van der Waals surface area contributed by atoms with Crippen LogP contribution in [-0.2, 0) is 0 Å². The van der Waals surface area contributed by atoms with Crippen molar-refractivity contribution >= 4 is 5.71 Å². The monoisotopic (exact) mass is 191 g/mol. The lowest BCUT2D eigenvalue weighted by Gasteiger charge is -2.06. The van der Waals surface area contributed by atoms with Gasteiger partial charge in [-0.05, 0) is 32.3 Å². The van der Waals surface area contributed by atoms with Gasteiger partial charge in [0.25, 0.3) is 0 Å². The van der Waals surface area contributed by atoms with E-state index in [1.165, 1.54) is 5.56 Å². The van der Waals surface area contributed by atoms with Gasteiger partial charge in [-0.2, -0.15) is 0 Å². The summed E-state index contributed by atoms with van der Waals surface area (Å²) in [6.45, 7) is 3.78. The molecule has 1 atom stereocenters. The van der Waals surface area contributed by atoms with Gasteiger partial charge >= 0.3 is 0 Å². The van der Waals surface area contributed by atoms with Crippen molar-refractivity contribution in [2.45, 2.75) is 32.8 Å². The third-order valence-electron chi connectivity index (χ3n) is 2.21. The van der Waals surface area contributed by atoms with Crippen LogP contribution in [0.25, 0.3) is 0 Å². The molecule has 1 rings (SSSR count). The Morgan fingerprint density at radius 1 is 1.36 bits per heavy atom. The van der Waals surface area contributed by atoms with Crippen LogP contribution in [0.1, 0.15) is 30.9 Å². The second kappa shape index (κ2) is 4.91. The van der Waals surface area contributed by atoms with E-state index in [4.69, 9.17) is 10.5 Å². The molecular weight excluding hydrogens is 174 g/mol. The van der Waals surface area contributed by atoms with Crippen molar-refractivity contribution in [1.82, 2.24) is 0 Å². The number of rotatable bonds is 4. The van der Waals surface area contributed by atoms with Gasteiger partial charge in [0.2, 0.25) is 0 Å². The fourth-order valence-corrected chi connectivity index (χ4v) is 1.25. The summed E-state index contributed by atoms with van der Waals surface area (Å²) in [6, 6.07) is 7.93. The number of benzene rings is 1. The Kier molecular flexibility index (Phi) is 3.84. The molecule has 2 heteroatoms. The Morgan fingerprint density at radius 3 is 2.43 bits per heavy atom. The molecule has 1 aromatic carbocycles. The molecule has 2 nitrogen and oxygen atoms in total. The minimum absolute atomic E-state index is 0.319. The first-order valence-corrected chi connectivity index (χ1v) is 4.92. The second-order valence-corrected chi connectivity index (χ2v) is 3.73. The number of aryl methyl sites for hydroxylation is 1. The molecule has 76 valence electrons. The zero-order valence-corrected chi connectivity index (χ0v) is 8.75. The van der Waals surface area contributed by atoms with Crippen molar-refractivity contribution in [3.8, 4) is 0 Å². The molecular formula is C12H17NO. The van der Waals surface area contributed by atoms with Crippen LogP contribution in [0.2, 0.25) is 0 Å². The van der Waals surface area contributed by atoms with Crippen LogP contribution < -0.4 is 0 Å². The first kappa shape index (κ1) is 10.9. The highest BCUT2D eigenvalue weighted by atomic mass is 16.3. The minimum atomic E-state index is -0.319. The van der Waals surface area contributed by atoms with Gasteiger partial charge in [0.05, 0.1) is 6.10 Å². The summed E-state index contributed by atoms with van der Waals surface area (Å²) in [5.74, 6) is 0. The summed E-state index contributed by atoms with van der Waals surface area (Å²) in [4.78, 5) is 0. The summed E-state index contributed by atoms with van der Waals surface area (Å²) in [5, 5.41) is 16.9. The van der Waals surface area contributed by atoms with Gasteiger partial charge in [-0.1, -0.05) is 29.8 Å². The first-order chi connectivity index (χ1) is 6.59. The Balaban J connectivity index is 2.57. The molecule has 0 aliphatic rings. The summed E-state index contributed by atoms with van der Waals surface area (Å²) in [7, 11) is 0. The van der Waals surface area contributed by atoms with Crippen molar-refractivity contribution < 1.29 is 5.11 Å². The summed E-state index contributed by atoms with van der Waals surface area (Å²) in [5.41, 5.74) is 2.76. The molecule has 14 heavy (non-hydrogen) atoms. The first-order valence-electron chi connectivity index (χ1n) is 4.92. The maximum Gasteiger partial charge on any atom is 0.0515 e. The van der Waals surface area contributed by atoms with Crippen LogP contribution in [0.3, 0.4) is 0 Å². The van der Waals surface area contributed by atoms with E-state index in [-0.39, 0.29) is 6.10 Å². The van der Waals surface area contributed by atoms with E-state index in [0.717, 1.165) is 5.56 Å². The highest BCUT2D eigenvalue weighted by Crippen LogP contribution is 2.08. The van der Waals surface area contributed by atoms with E-state index >= 15 is 0 Å². The second-order valence-electron chi connectivity index (χ2n) is 3.73. The predicted octanol–water partition coefficient (Wildman–Crippen LogP) is 2.52. The lowest BCUT2D eigenvalue weighted by molar-refractivity contribution is 0.187. The summed E-state index contributed by atoms with van der Waals surface area (Å²) < 4.78 is 0. The van der Waals surface area contributed by atoms with Gasteiger partial charge in [0.1, 0.15) is 0 Å². The Labute approximate surface area is 85.1 Å². The predicted molar refractivity (Wildman–Crippen MR) is 58.9 cm³/mol. The van der Waals surface area contributed by atoms with Gasteiger partial charge in [-0.15, -0.1) is 0 Å². The maximum atomic E-state index is 9.10. The van der Waals surface area contributed by atoms with Crippen molar-refractivity contribution in [1.29, 1.82) is 5.41 Å². The van der Waals surface area contributed by atoms with E-state index in [1.54, 1.807) is 6.92 Å². The van der Waals surface area contributed by atoms with Crippen molar-refractivity contribution in [2.75, 3.05) is 0 Å². The minimum Gasteiger partial charge on any atom is -0.393 e. The van der Waals surface area contributed by atoms with E-state index in [9.17, 15) is 0 Å². The Bertz CT molecular complexity index is 301. The number of nitrogens with one attached hydrogen (secondary N) is 1. The zero-order chi connectivity index (χ0) is 10.6. The van der Waals surface area contributed by atoms with Crippen molar-refractivity contribution in [3.63, 3.8) is 0 Å². The van der Waals surface area contributed by atoms with Crippen LogP contribution in [0.5, 0.6) is 0 Å². The van der Waals surface area contributed by atoms with E-state index in [0.29, 0.717) is 18.6 Å². The Morgan fingerprint density at radius 2 is 1.93 bits per heavy atom. The average Bonchev–Trinajstić information content (AvgIpc) is 2.15. The number of hydrogen-bond donors (Lipinski definition) is 2. The molecule has 0 fully saturated rings. The number of aliphatic hydroxyl groups excluding tert-OH is 1. The molecule has 0 saturated carbocycles. The largest absolute Gasteiger partial charge is 0.393 e. The van der Waals surface area contributed by atoms with Gasteiger partial charge < -0.3 is 10.5 Å². The van der Waals surface area contributed by atoms with E-state index < -0.39 is 0 Å². The van der Waals surface area contributed by atoms with E-state index in [2.05, 4.69) is 0 Å². The molecule has 1 aromatic rings. The number of hydrogen-bond acceptors (Lipinski definition) is 2. The van der Waals surface area contributed by atoms with Gasteiger partial charge in [-0.25, -0.2) is 0 Å². The average molecular weight is 191 g/mol. The van der Waals surface area contributed by atoms with Crippen molar-refractivity contribution in [2.24, 2.45) is 0 Å². The van der Waals surface area contributed by atoms with Crippen LogP contribution >= 0.6 is 0 Å². The molecule has 0 aliphatic carbocycles. The molecule has 0 aromatic heterocycles. The molecule has 0 saturated heterocycles. The normalized spacial score (nSPS) is 12.5. The molecule has 0 heterocycles. The standard InChI is InChI=1S/C12H17NO/c1-9-3-6-11(7-4-9)12(13)8-5-10(2)14/h3-4,6-7,10,13-14H,5,8H2,1-2H3/t10-/m0/s1. The highest BCUT2D eigenvalue weighted by molar-refractivity contribution is 5.98. The van der Waals surface area contributed by atoms with E-state index in [1.807, 2.05) is 31.2 Å². The lowest BCUT2D eigenvalue weighted by Crippen LogP contribution is -2.05. The fourth-order valence-electron chi connectivity index (χ4n) is 1.25. The lowest BCUT2D eigenvalue weighted by atomic mass is 10.0. The van der Waals surface area contributed by atoms with Crippen LogP contribution in [0.15, 0.2) is 24.3 Å². The molecule has 0 amide bonds. The zero-order valence-electron chi connectivity index (χ0n) is 8.75. The van der Waals surface area contributed by atoms with Crippen molar-refractivity contribution in [3.05, 3.63) is 35.4 Å². The summed E-state index contributed by atoms with van der Waals surface area (Å²) >= 11 is 0. The highest BCUT2D eigenvalue weighted by Gasteiger charge is 2.03. The molecule has 0 bridgehead atoms. The van der Waals surface area contributed by atoms with Gasteiger partial charge in [-0.3, -0.25) is 0 Å². The summed E-state index contributed by atoms with van der Waals surface area (Å²) in [6.07, 6.45) is 0.980. The van der Waals surface area contributed by atoms with Crippen LogP contribution in [-0.4, -0.2) is 16.9 Å². The molecule has 2 N–H and O–H groups in total. The molecule has 0 unspecified atom stereocenters. The molecule has 0 spiro atoms. The molecule has 0 radical (unpaired) electrons. The quantitative estimate of drug-likeness (QED) is 0.706. The SMILES string of the molecule is Cc1ccc(C(=N)CC[C@H](C)O)cc1. The van der Waals surface area contributed by atoms with Gasteiger partial charge in [0, 0.05) is 5.71 Å². The fraction of sp³-hybridized carbons (Fsp3) is 0.417. The van der Waals surface area contributed by atoms with Crippen LogP contribution in [0, 0.1) is 12.3 Å². The topological polar surface area (TPSA) is 44.1 Å². The third kappa shape index (κ3) is 3.30. The smallest absolute Gasteiger partial charge is 0.0515 e. The Hall–Kier alpha value is -1.15. The third-order valence-corrected chi connectivity index (χ3v) is 2.21. The van der Waals surface area contributed by atoms with Gasteiger partial charge in [0.15, 0.2) is 0 Å². The maximum absolute atomic E-state index is 9.10. The molecule has 0 aliphatic heterocycles. The number of aliphatic hydroxyl groups is 1.